The fraction of sp³-hybridized carbons (Fsp3) is 0.214. The minimum atomic E-state index is 0.831. The zero-order valence-electron chi connectivity index (χ0n) is 9.06. The zero-order chi connectivity index (χ0) is 10.8. The first kappa shape index (κ1) is 9.55. The Morgan fingerprint density at radius 3 is 2.69 bits per heavy atom. The minimum Gasteiger partial charge on any atom is -0.252 e. The van der Waals surface area contributed by atoms with Crippen LogP contribution in [0.4, 0.5) is 0 Å². The maximum Gasteiger partial charge on any atom is 0.0705 e. The van der Waals surface area contributed by atoms with Crippen molar-refractivity contribution in [2.45, 2.75) is 13.0 Å². The second-order valence-corrected chi connectivity index (χ2v) is 4.02. The molecule has 0 saturated heterocycles. The largest absolute Gasteiger partial charge is 0.252 e. The Labute approximate surface area is 95.3 Å². The summed E-state index contributed by atoms with van der Waals surface area (Å²) in [5, 5.41) is 4.38. The van der Waals surface area contributed by atoms with Crippen LogP contribution in [0.3, 0.4) is 0 Å². The molecule has 0 unspecified atom stereocenters. The molecule has 0 fully saturated rings. The molecule has 1 radical (unpaired) electrons. The molecule has 0 bridgehead atoms. The first-order valence-corrected chi connectivity index (χ1v) is 5.61. The molecule has 0 N–H and O–H groups in total. The molecule has 2 heteroatoms. The third-order valence-electron chi connectivity index (χ3n) is 2.93. The Morgan fingerprint density at radius 1 is 0.938 bits per heavy atom. The number of aromatic nitrogens is 1. The average molecular weight is 209 g/mol. The van der Waals surface area contributed by atoms with Crippen LogP contribution >= 0.6 is 0 Å². The predicted molar refractivity (Wildman–Crippen MR) is 64.1 cm³/mol. The van der Waals surface area contributed by atoms with Crippen molar-refractivity contribution in [2.24, 2.45) is 0 Å². The molecule has 0 saturated carbocycles. The Balaban J connectivity index is 2.03. The van der Waals surface area contributed by atoms with Gasteiger partial charge in [-0.15, -0.1) is 0 Å². The zero-order valence-corrected chi connectivity index (χ0v) is 9.06. The summed E-state index contributed by atoms with van der Waals surface area (Å²) in [6.45, 7) is 1.75. The van der Waals surface area contributed by atoms with Gasteiger partial charge < -0.3 is 0 Å². The van der Waals surface area contributed by atoms with Crippen molar-refractivity contribution in [1.29, 1.82) is 0 Å². The number of pyridine rings is 1. The molecule has 0 spiro atoms. The van der Waals surface area contributed by atoms with Gasteiger partial charge in [-0.1, -0.05) is 36.4 Å². The Kier molecular flexibility index (Phi) is 2.43. The molecule has 1 aliphatic heterocycles. The van der Waals surface area contributed by atoms with Crippen LogP contribution in [0.1, 0.15) is 11.3 Å². The van der Waals surface area contributed by atoms with Crippen molar-refractivity contribution in [2.75, 3.05) is 6.54 Å². The van der Waals surface area contributed by atoms with Crippen LogP contribution in [-0.4, -0.2) is 11.5 Å². The molecule has 1 aromatic heterocycles. The fourth-order valence-electron chi connectivity index (χ4n) is 2.04. The fourth-order valence-corrected chi connectivity index (χ4v) is 2.04. The van der Waals surface area contributed by atoms with E-state index in [9.17, 15) is 0 Å². The van der Waals surface area contributed by atoms with Crippen molar-refractivity contribution >= 4 is 0 Å². The predicted octanol–water partition coefficient (Wildman–Crippen LogP) is 2.41. The van der Waals surface area contributed by atoms with Crippen LogP contribution in [0.2, 0.25) is 0 Å². The molecule has 16 heavy (non-hydrogen) atoms. The Hall–Kier alpha value is -1.67. The molecule has 2 heterocycles. The number of hydrogen-bond donors (Lipinski definition) is 0. The molecular formula is C14H13N2. The van der Waals surface area contributed by atoms with Crippen LogP contribution in [0.15, 0.2) is 42.5 Å². The van der Waals surface area contributed by atoms with Crippen molar-refractivity contribution in [3.8, 4) is 11.3 Å². The highest BCUT2D eigenvalue weighted by Gasteiger charge is 2.11. The van der Waals surface area contributed by atoms with Gasteiger partial charge in [-0.05, 0) is 11.6 Å². The summed E-state index contributed by atoms with van der Waals surface area (Å²) in [4.78, 5) is 4.72. The highest BCUT2D eigenvalue weighted by Crippen LogP contribution is 2.20. The van der Waals surface area contributed by atoms with Crippen LogP contribution in [0.5, 0.6) is 0 Å². The summed E-state index contributed by atoms with van der Waals surface area (Å²) in [5.41, 5.74) is 4.76. The molecule has 2 nitrogen and oxygen atoms in total. The normalized spacial score (nSPS) is 14.5. The van der Waals surface area contributed by atoms with E-state index in [1.165, 1.54) is 16.8 Å². The van der Waals surface area contributed by atoms with Crippen LogP contribution in [-0.2, 0) is 13.0 Å². The van der Waals surface area contributed by atoms with E-state index in [1.807, 2.05) is 18.2 Å². The molecule has 1 aliphatic rings. The summed E-state index contributed by atoms with van der Waals surface area (Å²) < 4.78 is 0. The quantitative estimate of drug-likeness (QED) is 0.708. The first-order chi connectivity index (χ1) is 7.93. The summed E-state index contributed by atoms with van der Waals surface area (Å²) in [6.07, 6.45) is 0.982. The van der Waals surface area contributed by atoms with Crippen molar-refractivity contribution in [3.05, 3.63) is 53.7 Å². The number of benzene rings is 1. The second kappa shape index (κ2) is 4.06. The third kappa shape index (κ3) is 1.72. The lowest BCUT2D eigenvalue weighted by Gasteiger charge is -2.15. The lowest BCUT2D eigenvalue weighted by Crippen LogP contribution is -2.18. The Bertz CT molecular complexity index is 491. The lowest BCUT2D eigenvalue weighted by molar-refractivity contribution is 0.618. The Morgan fingerprint density at radius 2 is 1.81 bits per heavy atom. The van der Waals surface area contributed by atoms with E-state index < -0.39 is 0 Å². The molecule has 2 aromatic rings. The molecule has 0 atom stereocenters. The van der Waals surface area contributed by atoms with Gasteiger partial charge in [0.25, 0.3) is 0 Å². The topological polar surface area (TPSA) is 27.0 Å². The van der Waals surface area contributed by atoms with E-state index in [-0.39, 0.29) is 0 Å². The maximum absolute atomic E-state index is 4.72. The van der Waals surface area contributed by atoms with Crippen LogP contribution in [0.25, 0.3) is 11.3 Å². The average Bonchev–Trinajstić information content (AvgIpc) is 2.39. The van der Waals surface area contributed by atoms with E-state index in [0.29, 0.717) is 0 Å². The van der Waals surface area contributed by atoms with E-state index >= 15 is 0 Å². The molecule has 79 valence electrons. The minimum absolute atomic E-state index is 0.831. The molecule has 3 rings (SSSR count). The standard InChI is InChI=1S/C14H13N2/c1-2-4-11(5-3-1)13-7-6-12-10-15-9-8-14(12)16-13/h1-7H,8-10H2. The van der Waals surface area contributed by atoms with Crippen molar-refractivity contribution in [3.63, 3.8) is 0 Å². The summed E-state index contributed by atoms with van der Waals surface area (Å²) in [6, 6.07) is 14.6. The highest BCUT2D eigenvalue weighted by atomic mass is 14.9. The van der Waals surface area contributed by atoms with Crippen molar-refractivity contribution < 1.29 is 0 Å². The SMILES string of the molecule is c1ccc(-c2ccc3c(n2)CC[N]C3)cc1. The molecule has 0 aliphatic carbocycles. The number of hydrogen-bond acceptors (Lipinski definition) is 1. The van der Waals surface area contributed by atoms with E-state index in [2.05, 4.69) is 29.6 Å². The van der Waals surface area contributed by atoms with Gasteiger partial charge >= 0.3 is 0 Å². The number of fused-ring (bicyclic) bond motifs is 1. The monoisotopic (exact) mass is 209 g/mol. The molecule has 1 aromatic carbocycles. The van der Waals surface area contributed by atoms with E-state index in [0.717, 1.165) is 25.2 Å². The van der Waals surface area contributed by atoms with Gasteiger partial charge in [-0.25, -0.2) is 5.32 Å². The van der Waals surface area contributed by atoms with Gasteiger partial charge in [0.2, 0.25) is 0 Å². The van der Waals surface area contributed by atoms with Gasteiger partial charge in [0.05, 0.1) is 5.69 Å². The third-order valence-corrected chi connectivity index (χ3v) is 2.93. The first-order valence-electron chi connectivity index (χ1n) is 5.61. The molecule has 0 amide bonds. The van der Waals surface area contributed by atoms with Gasteiger partial charge in [-0.2, -0.15) is 0 Å². The van der Waals surface area contributed by atoms with Crippen LogP contribution < -0.4 is 5.32 Å². The summed E-state index contributed by atoms with van der Waals surface area (Å²) in [7, 11) is 0. The molecular weight excluding hydrogens is 196 g/mol. The van der Waals surface area contributed by atoms with Gasteiger partial charge in [0.15, 0.2) is 0 Å². The number of nitrogens with zero attached hydrogens (tertiary/aromatic N) is 2. The van der Waals surface area contributed by atoms with Gasteiger partial charge in [0, 0.05) is 30.8 Å². The van der Waals surface area contributed by atoms with Crippen LogP contribution in [0, 0.1) is 0 Å². The van der Waals surface area contributed by atoms with Gasteiger partial charge in [0.1, 0.15) is 0 Å². The maximum atomic E-state index is 4.72. The lowest BCUT2D eigenvalue weighted by atomic mass is 10.0. The van der Waals surface area contributed by atoms with Gasteiger partial charge in [-0.3, -0.25) is 4.98 Å². The van der Waals surface area contributed by atoms with Crippen molar-refractivity contribution in [1.82, 2.24) is 10.3 Å². The summed E-state index contributed by atoms with van der Waals surface area (Å²) >= 11 is 0. The number of rotatable bonds is 1. The van der Waals surface area contributed by atoms with E-state index in [1.54, 1.807) is 0 Å². The second-order valence-electron chi connectivity index (χ2n) is 4.02. The highest BCUT2D eigenvalue weighted by molar-refractivity contribution is 5.59. The summed E-state index contributed by atoms with van der Waals surface area (Å²) in [5.74, 6) is 0. The van der Waals surface area contributed by atoms with E-state index in [4.69, 9.17) is 4.98 Å². The smallest absolute Gasteiger partial charge is 0.0705 e.